The zero-order chi connectivity index (χ0) is 13.5. The first-order valence-electron chi connectivity index (χ1n) is 7.28. The van der Waals surface area contributed by atoms with E-state index in [-0.39, 0.29) is 0 Å². The van der Waals surface area contributed by atoms with Crippen LogP contribution in [0.4, 0.5) is 0 Å². The third-order valence-electron chi connectivity index (χ3n) is 4.61. The Kier molecular flexibility index (Phi) is 3.10. The van der Waals surface area contributed by atoms with Crippen LogP contribution in [0.1, 0.15) is 43.9 Å². The topological polar surface area (TPSA) is 12.0 Å². The molecule has 1 nitrogen and oxygen atoms in total. The van der Waals surface area contributed by atoms with Crippen molar-refractivity contribution in [3.63, 3.8) is 0 Å². The summed E-state index contributed by atoms with van der Waals surface area (Å²) >= 11 is 0. The highest BCUT2D eigenvalue weighted by Gasteiger charge is 2.29. The quantitative estimate of drug-likeness (QED) is 0.740. The van der Waals surface area contributed by atoms with Gasteiger partial charge in [0.2, 0.25) is 0 Å². The van der Waals surface area contributed by atoms with E-state index >= 15 is 0 Å². The molecule has 0 saturated heterocycles. The normalized spacial score (nSPS) is 21.9. The minimum Gasteiger partial charge on any atom is -0.313 e. The second kappa shape index (κ2) is 4.64. The molecular formula is C18H23N. The molecule has 1 aliphatic carbocycles. The van der Waals surface area contributed by atoms with Gasteiger partial charge in [-0.3, -0.25) is 0 Å². The van der Waals surface area contributed by atoms with Crippen LogP contribution in [0.2, 0.25) is 0 Å². The van der Waals surface area contributed by atoms with Gasteiger partial charge in [0.1, 0.15) is 0 Å². The SMILES string of the molecule is CNC1CC(C)(C)CCc2c1ccc1ccccc21. The van der Waals surface area contributed by atoms with E-state index in [0.29, 0.717) is 11.5 Å². The van der Waals surface area contributed by atoms with Crippen molar-refractivity contribution >= 4 is 10.8 Å². The van der Waals surface area contributed by atoms with Crippen molar-refractivity contribution in [1.82, 2.24) is 5.32 Å². The lowest BCUT2D eigenvalue weighted by atomic mass is 9.83. The van der Waals surface area contributed by atoms with Crippen LogP contribution in [0, 0.1) is 5.41 Å². The molecule has 0 bridgehead atoms. The number of hydrogen-bond donors (Lipinski definition) is 1. The highest BCUT2D eigenvalue weighted by molar-refractivity contribution is 5.87. The van der Waals surface area contributed by atoms with Gasteiger partial charge in [-0.25, -0.2) is 0 Å². The first-order chi connectivity index (χ1) is 9.11. The van der Waals surface area contributed by atoms with Gasteiger partial charge in [-0.1, -0.05) is 50.2 Å². The van der Waals surface area contributed by atoms with Gasteiger partial charge in [-0.05, 0) is 53.6 Å². The Bertz CT molecular complexity index is 598. The molecule has 0 amide bonds. The van der Waals surface area contributed by atoms with Gasteiger partial charge in [-0.2, -0.15) is 0 Å². The predicted molar refractivity (Wildman–Crippen MR) is 82.5 cm³/mol. The molecule has 0 saturated carbocycles. The van der Waals surface area contributed by atoms with Gasteiger partial charge < -0.3 is 5.32 Å². The highest BCUT2D eigenvalue weighted by atomic mass is 14.9. The second-order valence-corrected chi connectivity index (χ2v) is 6.56. The number of nitrogens with one attached hydrogen (secondary N) is 1. The predicted octanol–water partition coefficient (Wildman–Crippen LogP) is 4.46. The minimum atomic E-state index is 0.411. The molecule has 0 aliphatic heterocycles. The van der Waals surface area contributed by atoms with E-state index < -0.39 is 0 Å². The molecule has 3 rings (SSSR count). The zero-order valence-corrected chi connectivity index (χ0v) is 12.2. The van der Waals surface area contributed by atoms with Crippen LogP contribution in [0.15, 0.2) is 36.4 Å². The number of hydrogen-bond acceptors (Lipinski definition) is 1. The van der Waals surface area contributed by atoms with Crippen LogP contribution in [0.25, 0.3) is 10.8 Å². The van der Waals surface area contributed by atoms with Gasteiger partial charge in [-0.15, -0.1) is 0 Å². The summed E-state index contributed by atoms with van der Waals surface area (Å²) in [4.78, 5) is 0. The molecule has 1 N–H and O–H groups in total. The van der Waals surface area contributed by atoms with E-state index in [1.165, 1.54) is 35.6 Å². The average molecular weight is 253 g/mol. The van der Waals surface area contributed by atoms with Gasteiger partial charge in [0, 0.05) is 6.04 Å². The molecule has 1 heteroatoms. The highest BCUT2D eigenvalue weighted by Crippen LogP contribution is 2.41. The zero-order valence-electron chi connectivity index (χ0n) is 12.2. The van der Waals surface area contributed by atoms with Crippen molar-refractivity contribution in [1.29, 1.82) is 0 Å². The lowest BCUT2D eigenvalue weighted by Gasteiger charge is -2.26. The fraction of sp³-hybridized carbons (Fsp3) is 0.444. The Morgan fingerprint density at radius 3 is 2.68 bits per heavy atom. The largest absolute Gasteiger partial charge is 0.313 e. The summed E-state index contributed by atoms with van der Waals surface area (Å²) in [6, 6.07) is 13.9. The third kappa shape index (κ3) is 2.28. The van der Waals surface area contributed by atoms with E-state index in [9.17, 15) is 0 Å². The maximum Gasteiger partial charge on any atom is 0.0325 e. The molecule has 0 aromatic heterocycles. The molecule has 1 atom stereocenters. The van der Waals surface area contributed by atoms with Crippen LogP contribution < -0.4 is 5.32 Å². The number of aryl methyl sites for hydroxylation is 1. The second-order valence-electron chi connectivity index (χ2n) is 6.56. The smallest absolute Gasteiger partial charge is 0.0325 e. The summed E-state index contributed by atoms with van der Waals surface area (Å²) in [5, 5.41) is 6.33. The standard InChI is InChI=1S/C18H23N/c1-18(2)11-10-15-14-7-5-4-6-13(14)8-9-16(15)17(12-18)19-3/h4-9,17,19H,10-12H2,1-3H3. The molecule has 2 aromatic rings. The maximum atomic E-state index is 3.52. The molecule has 0 fully saturated rings. The first-order valence-corrected chi connectivity index (χ1v) is 7.28. The van der Waals surface area contributed by atoms with Crippen molar-refractivity contribution in [3.05, 3.63) is 47.5 Å². The van der Waals surface area contributed by atoms with Gasteiger partial charge in [0.05, 0.1) is 0 Å². The van der Waals surface area contributed by atoms with Crippen molar-refractivity contribution < 1.29 is 0 Å². The van der Waals surface area contributed by atoms with E-state index in [2.05, 4.69) is 62.6 Å². The summed E-state index contributed by atoms with van der Waals surface area (Å²) in [6.45, 7) is 4.79. The molecule has 100 valence electrons. The molecule has 0 spiro atoms. The van der Waals surface area contributed by atoms with Crippen LogP contribution in [0.3, 0.4) is 0 Å². The molecule has 1 unspecified atom stereocenters. The Hall–Kier alpha value is -1.34. The van der Waals surface area contributed by atoms with Gasteiger partial charge in [0.25, 0.3) is 0 Å². The van der Waals surface area contributed by atoms with E-state index in [0.717, 1.165) is 0 Å². The molecular weight excluding hydrogens is 230 g/mol. The summed E-state index contributed by atoms with van der Waals surface area (Å²) in [5.74, 6) is 0. The lowest BCUT2D eigenvalue weighted by molar-refractivity contribution is 0.279. The Labute approximate surface area is 116 Å². The maximum absolute atomic E-state index is 3.52. The molecule has 1 aliphatic rings. The average Bonchev–Trinajstić information content (AvgIpc) is 2.55. The minimum absolute atomic E-state index is 0.411. The summed E-state index contributed by atoms with van der Waals surface area (Å²) in [7, 11) is 2.09. The summed E-state index contributed by atoms with van der Waals surface area (Å²) < 4.78 is 0. The van der Waals surface area contributed by atoms with Crippen LogP contribution in [0.5, 0.6) is 0 Å². The van der Waals surface area contributed by atoms with Crippen molar-refractivity contribution in [2.45, 2.75) is 39.2 Å². The van der Waals surface area contributed by atoms with E-state index in [1.807, 2.05) is 0 Å². The fourth-order valence-electron chi connectivity index (χ4n) is 3.44. The van der Waals surface area contributed by atoms with Crippen LogP contribution in [-0.4, -0.2) is 7.05 Å². The number of fused-ring (bicyclic) bond motifs is 3. The monoisotopic (exact) mass is 253 g/mol. The molecule has 0 heterocycles. The molecule has 2 aromatic carbocycles. The third-order valence-corrected chi connectivity index (χ3v) is 4.61. The molecule has 19 heavy (non-hydrogen) atoms. The Morgan fingerprint density at radius 2 is 1.89 bits per heavy atom. The van der Waals surface area contributed by atoms with Crippen molar-refractivity contribution in [2.75, 3.05) is 7.05 Å². The van der Waals surface area contributed by atoms with E-state index in [4.69, 9.17) is 0 Å². The van der Waals surface area contributed by atoms with Crippen molar-refractivity contribution in [2.24, 2.45) is 5.41 Å². The number of rotatable bonds is 1. The Balaban J connectivity index is 2.20. The van der Waals surface area contributed by atoms with Gasteiger partial charge in [0.15, 0.2) is 0 Å². The molecule has 0 radical (unpaired) electrons. The van der Waals surface area contributed by atoms with E-state index in [1.54, 1.807) is 5.56 Å². The Morgan fingerprint density at radius 1 is 1.11 bits per heavy atom. The van der Waals surface area contributed by atoms with Gasteiger partial charge >= 0.3 is 0 Å². The van der Waals surface area contributed by atoms with Crippen LogP contribution >= 0.6 is 0 Å². The fourth-order valence-corrected chi connectivity index (χ4v) is 3.44. The van der Waals surface area contributed by atoms with Crippen LogP contribution in [-0.2, 0) is 6.42 Å². The summed E-state index contributed by atoms with van der Waals surface area (Å²) in [6.07, 6.45) is 3.68. The lowest BCUT2D eigenvalue weighted by Crippen LogP contribution is -2.22. The summed E-state index contributed by atoms with van der Waals surface area (Å²) in [5.41, 5.74) is 3.48. The number of benzene rings is 2. The first kappa shape index (κ1) is 12.7. The van der Waals surface area contributed by atoms with Crippen molar-refractivity contribution in [3.8, 4) is 0 Å².